The Labute approximate surface area is 121 Å². The zero-order valence-corrected chi connectivity index (χ0v) is 12.4. The molecule has 1 unspecified atom stereocenters. The van der Waals surface area contributed by atoms with E-state index in [4.69, 9.17) is 0 Å². The predicted molar refractivity (Wildman–Crippen MR) is 78.4 cm³/mol. The van der Waals surface area contributed by atoms with Crippen molar-refractivity contribution >= 4 is 0 Å². The zero-order chi connectivity index (χ0) is 13.4. The Balaban J connectivity index is 1.31. The quantitative estimate of drug-likeness (QED) is 0.901. The van der Waals surface area contributed by atoms with E-state index in [1.807, 2.05) is 0 Å². The van der Waals surface area contributed by atoms with E-state index >= 15 is 0 Å². The molecular formula is C16H26N4. The second-order valence-electron chi connectivity index (χ2n) is 7.24. The molecule has 0 radical (unpaired) electrons. The van der Waals surface area contributed by atoms with Gasteiger partial charge in [-0.2, -0.15) is 5.10 Å². The predicted octanol–water partition coefficient (Wildman–Crippen LogP) is 2.69. The molecule has 1 atom stereocenters. The van der Waals surface area contributed by atoms with Crippen LogP contribution in [0, 0.1) is 5.41 Å². The maximum atomic E-state index is 4.32. The normalized spacial score (nSPS) is 29.7. The molecule has 1 aliphatic heterocycles. The largest absolute Gasteiger partial charge is 0.309 e. The van der Waals surface area contributed by atoms with Crippen LogP contribution < -0.4 is 5.32 Å². The van der Waals surface area contributed by atoms with E-state index in [0.717, 1.165) is 30.2 Å². The van der Waals surface area contributed by atoms with Crippen molar-refractivity contribution in [1.82, 2.24) is 20.1 Å². The Bertz CT molecular complexity index is 451. The molecule has 2 fully saturated rings. The first-order chi connectivity index (χ1) is 9.83. The minimum Gasteiger partial charge on any atom is -0.309 e. The van der Waals surface area contributed by atoms with Gasteiger partial charge >= 0.3 is 0 Å². The number of fused-ring (bicyclic) bond motifs is 1. The molecule has 3 aliphatic rings. The average Bonchev–Trinajstić information content (AvgIpc) is 3.11. The Morgan fingerprint density at radius 1 is 1.05 bits per heavy atom. The van der Waals surface area contributed by atoms with E-state index in [1.54, 1.807) is 6.33 Å². The lowest BCUT2D eigenvalue weighted by atomic mass is 9.71. The maximum absolute atomic E-state index is 4.32. The number of hydrogen-bond donors (Lipinski definition) is 1. The van der Waals surface area contributed by atoms with Crippen LogP contribution in [0.4, 0.5) is 0 Å². The standard InChI is InChI=1S/C16H26N4/c1-2-8-16(7-1)9-5-13(6-10-16)19-14-3-4-15-17-12-18-20(15)11-14/h12-14,19H,1-11H2. The highest BCUT2D eigenvalue weighted by atomic mass is 15.3. The monoisotopic (exact) mass is 274 g/mol. The first-order valence-corrected chi connectivity index (χ1v) is 8.46. The topological polar surface area (TPSA) is 42.7 Å². The molecule has 1 N–H and O–H groups in total. The number of nitrogens with zero attached hydrogens (tertiary/aromatic N) is 3. The smallest absolute Gasteiger partial charge is 0.138 e. The molecule has 4 nitrogen and oxygen atoms in total. The summed E-state index contributed by atoms with van der Waals surface area (Å²) in [5, 5.41) is 8.23. The van der Waals surface area contributed by atoms with Gasteiger partial charge in [0.25, 0.3) is 0 Å². The van der Waals surface area contributed by atoms with Gasteiger partial charge in [0.15, 0.2) is 0 Å². The second-order valence-corrected chi connectivity index (χ2v) is 7.24. The lowest BCUT2D eigenvalue weighted by Crippen LogP contribution is -2.46. The minimum atomic E-state index is 0.604. The molecule has 2 aliphatic carbocycles. The van der Waals surface area contributed by atoms with Gasteiger partial charge in [-0.15, -0.1) is 0 Å². The van der Waals surface area contributed by atoms with E-state index in [9.17, 15) is 0 Å². The van der Waals surface area contributed by atoms with Gasteiger partial charge in [0, 0.05) is 18.5 Å². The summed E-state index contributed by atoms with van der Waals surface area (Å²) in [5.74, 6) is 1.16. The van der Waals surface area contributed by atoms with Crippen molar-refractivity contribution in [2.45, 2.75) is 82.8 Å². The highest BCUT2D eigenvalue weighted by molar-refractivity contribution is 4.95. The summed E-state index contributed by atoms with van der Waals surface area (Å²) in [5.41, 5.74) is 0.754. The van der Waals surface area contributed by atoms with Crippen LogP contribution in [0.15, 0.2) is 6.33 Å². The number of aromatic nitrogens is 3. The fourth-order valence-electron chi connectivity index (χ4n) is 4.73. The summed E-state index contributed by atoms with van der Waals surface area (Å²) in [6.45, 7) is 1.01. The van der Waals surface area contributed by atoms with Crippen LogP contribution in [0.5, 0.6) is 0 Å². The third kappa shape index (κ3) is 2.39. The van der Waals surface area contributed by atoms with Crippen LogP contribution in [0.25, 0.3) is 0 Å². The highest BCUT2D eigenvalue weighted by Crippen LogP contribution is 2.48. The molecule has 0 aromatic carbocycles. The summed E-state index contributed by atoms with van der Waals surface area (Å²) in [4.78, 5) is 4.31. The van der Waals surface area contributed by atoms with E-state index in [-0.39, 0.29) is 0 Å². The lowest BCUT2D eigenvalue weighted by molar-refractivity contribution is 0.157. The number of rotatable bonds is 2. The Hall–Kier alpha value is -0.900. The van der Waals surface area contributed by atoms with E-state index in [0.29, 0.717) is 6.04 Å². The SMILES string of the molecule is c1nc2n(n1)CC(NC1CCC3(CCCC3)CC1)CC2. The van der Waals surface area contributed by atoms with Crippen LogP contribution in [0.3, 0.4) is 0 Å². The Kier molecular flexibility index (Phi) is 3.29. The van der Waals surface area contributed by atoms with Crippen molar-refractivity contribution < 1.29 is 0 Å². The van der Waals surface area contributed by atoms with Gasteiger partial charge in [-0.25, -0.2) is 9.67 Å². The fourth-order valence-corrected chi connectivity index (χ4v) is 4.73. The van der Waals surface area contributed by atoms with Crippen molar-refractivity contribution in [1.29, 1.82) is 0 Å². The Morgan fingerprint density at radius 3 is 2.65 bits per heavy atom. The van der Waals surface area contributed by atoms with Crippen LogP contribution >= 0.6 is 0 Å². The molecule has 0 amide bonds. The number of aryl methyl sites for hydroxylation is 1. The molecular weight excluding hydrogens is 248 g/mol. The average molecular weight is 274 g/mol. The summed E-state index contributed by atoms with van der Waals surface area (Å²) >= 11 is 0. The van der Waals surface area contributed by atoms with Crippen LogP contribution in [0.1, 0.15) is 63.6 Å². The molecule has 4 heteroatoms. The van der Waals surface area contributed by atoms with Gasteiger partial charge in [-0.05, 0) is 50.4 Å². The number of nitrogens with one attached hydrogen (secondary N) is 1. The fraction of sp³-hybridized carbons (Fsp3) is 0.875. The molecule has 1 aromatic rings. The van der Waals surface area contributed by atoms with Gasteiger partial charge in [-0.1, -0.05) is 12.8 Å². The summed E-state index contributed by atoms with van der Waals surface area (Å²) in [6, 6.07) is 1.35. The Morgan fingerprint density at radius 2 is 1.85 bits per heavy atom. The van der Waals surface area contributed by atoms with Gasteiger partial charge < -0.3 is 5.32 Å². The zero-order valence-electron chi connectivity index (χ0n) is 12.4. The highest BCUT2D eigenvalue weighted by Gasteiger charge is 2.37. The van der Waals surface area contributed by atoms with Crippen LogP contribution in [0.2, 0.25) is 0 Å². The summed E-state index contributed by atoms with van der Waals surface area (Å²) < 4.78 is 2.09. The van der Waals surface area contributed by atoms with Crippen molar-refractivity contribution in [3.63, 3.8) is 0 Å². The van der Waals surface area contributed by atoms with Gasteiger partial charge in [0.05, 0.1) is 6.54 Å². The molecule has 0 saturated heterocycles. The van der Waals surface area contributed by atoms with Crippen molar-refractivity contribution in [2.24, 2.45) is 5.41 Å². The second kappa shape index (κ2) is 5.14. The molecule has 1 spiro atoms. The molecule has 110 valence electrons. The third-order valence-corrected chi connectivity index (χ3v) is 5.99. The van der Waals surface area contributed by atoms with Crippen molar-refractivity contribution in [3.05, 3.63) is 12.2 Å². The first-order valence-electron chi connectivity index (χ1n) is 8.46. The van der Waals surface area contributed by atoms with Crippen molar-refractivity contribution in [2.75, 3.05) is 0 Å². The third-order valence-electron chi connectivity index (χ3n) is 5.99. The molecule has 4 rings (SSSR count). The molecule has 0 bridgehead atoms. The number of hydrogen-bond acceptors (Lipinski definition) is 3. The molecule has 20 heavy (non-hydrogen) atoms. The van der Waals surface area contributed by atoms with E-state index in [1.165, 1.54) is 57.8 Å². The summed E-state index contributed by atoms with van der Waals surface area (Å²) in [6.07, 6.45) is 15.7. The van der Waals surface area contributed by atoms with Crippen LogP contribution in [-0.2, 0) is 13.0 Å². The van der Waals surface area contributed by atoms with E-state index < -0.39 is 0 Å². The van der Waals surface area contributed by atoms with Crippen LogP contribution in [-0.4, -0.2) is 26.8 Å². The molecule has 2 saturated carbocycles. The first kappa shape index (κ1) is 12.8. The van der Waals surface area contributed by atoms with Gasteiger partial charge in [0.2, 0.25) is 0 Å². The maximum Gasteiger partial charge on any atom is 0.138 e. The minimum absolute atomic E-state index is 0.604. The van der Waals surface area contributed by atoms with E-state index in [2.05, 4.69) is 20.1 Å². The lowest BCUT2D eigenvalue weighted by Gasteiger charge is -2.39. The molecule has 1 aromatic heterocycles. The summed E-state index contributed by atoms with van der Waals surface area (Å²) in [7, 11) is 0. The van der Waals surface area contributed by atoms with Crippen molar-refractivity contribution in [3.8, 4) is 0 Å². The molecule has 2 heterocycles. The van der Waals surface area contributed by atoms with Gasteiger partial charge in [-0.3, -0.25) is 0 Å². The van der Waals surface area contributed by atoms with Gasteiger partial charge in [0.1, 0.15) is 12.2 Å².